The Morgan fingerprint density at radius 3 is 2.36 bits per heavy atom. The van der Waals surface area contributed by atoms with Gasteiger partial charge in [-0.15, -0.1) is 0 Å². The van der Waals surface area contributed by atoms with Crippen LogP contribution >= 0.6 is 0 Å². The van der Waals surface area contributed by atoms with Crippen molar-refractivity contribution in [2.75, 3.05) is 6.61 Å². The summed E-state index contributed by atoms with van der Waals surface area (Å²) in [7, 11) is 0. The monoisotopic (exact) mass is 446 g/mol. The third-order valence-electron chi connectivity index (χ3n) is 6.09. The molecule has 3 aromatic rings. The van der Waals surface area contributed by atoms with E-state index in [-0.39, 0.29) is 24.5 Å². The van der Waals surface area contributed by atoms with Crippen LogP contribution in [0.1, 0.15) is 44.7 Å². The summed E-state index contributed by atoms with van der Waals surface area (Å²) >= 11 is 0. The molecule has 0 heterocycles. The molecule has 0 bridgehead atoms. The summed E-state index contributed by atoms with van der Waals surface area (Å²) in [5.74, 6) is 0.325. The van der Waals surface area contributed by atoms with Gasteiger partial charge in [0, 0.05) is 18.0 Å². The largest absolute Gasteiger partial charge is 0.483 e. The second-order valence-electron chi connectivity index (χ2n) is 8.46. The van der Waals surface area contributed by atoms with E-state index in [0.29, 0.717) is 18.7 Å². The van der Waals surface area contributed by atoms with Gasteiger partial charge in [0.2, 0.25) is 5.91 Å². The number of hydrogen-bond acceptors (Lipinski definition) is 3. The van der Waals surface area contributed by atoms with Gasteiger partial charge in [-0.3, -0.25) is 9.59 Å². The van der Waals surface area contributed by atoms with Crippen LogP contribution in [0.15, 0.2) is 66.7 Å². The first-order valence-corrected chi connectivity index (χ1v) is 11.7. The maximum absolute atomic E-state index is 13.4. The molecule has 0 aliphatic rings. The fourth-order valence-electron chi connectivity index (χ4n) is 3.88. The van der Waals surface area contributed by atoms with Crippen LogP contribution in [0.25, 0.3) is 10.8 Å². The maximum Gasteiger partial charge on any atom is 0.261 e. The lowest BCUT2D eigenvalue weighted by atomic mass is 10.1. The van der Waals surface area contributed by atoms with Crippen molar-refractivity contribution in [2.45, 2.75) is 59.2 Å². The molecular weight excluding hydrogens is 412 g/mol. The van der Waals surface area contributed by atoms with Crippen molar-refractivity contribution in [3.05, 3.63) is 77.9 Å². The molecule has 33 heavy (non-hydrogen) atoms. The number of aryl methyl sites for hydroxylation is 1. The van der Waals surface area contributed by atoms with E-state index in [1.165, 1.54) is 0 Å². The molecule has 2 amide bonds. The molecule has 0 saturated carbocycles. The molecule has 2 atom stereocenters. The Balaban J connectivity index is 1.84. The standard InChI is InChI=1S/C28H34N2O3/c1-5-21(4)29-28(32)25(6-2)30(18-23-14-8-7-12-20(23)3)27(31)19-33-26-17-11-15-22-13-9-10-16-24(22)26/h7-17,21,25H,5-6,18-19H2,1-4H3,(H,29,32). The highest BCUT2D eigenvalue weighted by atomic mass is 16.5. The number of amides is 2. The lowest BCUT2D eigenvalue weighted by Crippen LogP contribution is -2.51. The fourth-order valence-corrected chi connectivity index (χ4v) is 3.88. The lowest BCUT2D eigenvalue weighted by Gasteiger charge is -2.31. The van der Waals surface area contributed by atoms with Gasteiger partial charge >= 0.3 is 0 Å². The third kappa shape index (κ3) is 6.13. The van der Waals surface area contributed by atoms with Gasteiger partial charge in [0.1, 0.15) is 11.8 Å². The van der Waals surface area contributed by atoms with Gasteiger partial charge in [-0.05, 0) is 49.3 Å². The Hall–Kier alpha value is -3.34. The quantitative estimate of drug-likeness (QED) is 0.463. The normalized spacial score (nSPS) is 12.7. The Bertz CT molecular complexity index is 1090. The Labute approximate surface area is 196 Å². The number of carbonyl (C=O) groups excluding carboxylic acids is 2. The van der Waals surface area contributed by atoms with Crippen molar-refractivity contribution < 1.29 is 14.3 Å². The molecule has 0 radical (unpaired) electrons. The summed E-state index contributed by atoms with van der Waals surface area (Å²) in [6, 6.07) is 21.2. The van der Waals surface area contributed by atoms with E-state index in [1.54, 1.807) is 4.90 Å². The summed E-state index contributed by atoms with van der Waals surface area (Å²) in [6.45, 7) is 8.18. The number of rotatable bonds is 10. The van der Waals surface area contributed by atoms with Crippen LogP contribution in [-0.4, -0.2) is 35.4 Å². The predicted molar refractivity (Wildman–Crippen MR) is 133 cm³/mol. The number of fused-ring (bicyclic) bond motifs is 1. The summed E-state index contributed by atoms with van der Waals surface area (Å²) in [5, 5.41) is 5.05. The molecule has 0 saturated heterocycles. The summed E-state index contributed by atoms with van der Waals surface area (Å²) in [5.41, 5.74) is 2.10. The van der Waals surface area contributed by atoms with E-state index in [4.69, 9.17) is 4.74 Å². The topological polar surface area (TPSA) is 58.6 Å². The van der Waals surface area contributed by atoms with E-state index < -0.39 is 6.04 Å². The molecule has 0 spiro atoms. The van der Waals surface area contributed by atoms with Gasteiger partial charge in [-0.1, -0.05) is 74.5 Å². The van der Waals surface area contributed by atoms with Crippen molar-refractivity contribution in [3.63, 3.8) is 0 Å². The van der Waals surface area contributed by atoms with E-state index >= 15 is 0 Å². The van der Waals surface area contributed by atoms with Crippen LogP contribution in [0.4, 0.5) is 0 Å². The van der Waals surface area contributed by atoms with Crippen LogP contribution in [0.2, 0.25) is 0 Å². The van der Waals surface area contributed by atoms with Crippen LogP contribution in [0.3, 0.4) is 0 Å². The van der Waals surface area contributed by atoms with Gasteiger partial charge in [-0.2, -0.15) is 0 Å². The number of nitrogens with zero attached hydrogens (tertiary/aromatic N) is 1. The third-order valence-corrected chi connectivity index (χ3v) is 6.09. The Morgan fingerprint density at radius 1 is 0.939 bits per heavy atom. The molecule has 2 unspecified atom stereocenters. The Kier molecular flexibility index (Phi) is 8.47. The Morgan fingerprint density at radius 2 is 1.64 bits per heavy atom. The van der Waals surface area contributed by atoms with Crippen molar-refractivity contribution in [3.8, 4) is 5.75 Å². The van der Waals surface area contributed by atoms with Gasteiger partial charge in [0.05, 0.1) is 0 Å². The average Bonchev–Trinajstić information content (AvgIpc) is 2.83. The number of nitrogens with one attached hydrogen (secondary N) is 1. The van der Waals surface area contributed by atoms with Gasteiger partial charge < -0.3 is 15.0 Å². The molecule has 5 heteroatoms. The highest BCUT2D eigenvalue weighted by Gasteiger charge is 2.29. The summed E-state index contributed by atoms with van der Waals surface area (Å²) in [6.07, 6.45) is 1.35. The zero-order chi connectivity index (χ0) is 23.8. The van der Waals surface area contributed by atoms with Gasteiger partial charge in [0.25, 0.3) is 5.91 Å². The zero-order valence-corrected chi connectivity index (χ0v) is 20.0. The fraction of sp³-hybridized carbons (Fsp3) is 0.357. The van der Waals surface area contributed by atoms with Crippen LogP contribution < -0.4 is 10.1 Å². The molecule has 0 aliphatic carbocycles. The number of benzene rings is 3. The second-order valence-corrected chi connectivity index (χ2v) is 8.46. The molecular formula is C28H34N2O3. The SMILES string of the molecule is CCC(C)NC(=O)C(CC)N(Cc1ccccc1C)C(=O)COc1cccc2ccccc12. The van der Waals surface area contributed by atoms with Gasteiger partial charge in [-0.25, -0.2) is 0 Å². The van der Waals surface area contributed by atoms with Crippen molar-refractivity contribution in [1.29, 1.82) is 0 Å². The summed E-state index contributed by atoms with van der Waals surface area (Å²) in [4.78, 5) is 28.2. The van der Waals surface area contributed by atoms with E-state index in [0.717, 1.165) is 28.3 Å². The van der Waals surface area contributed by atoms with Crippen molar-refractivity contribution >= 4 is 22.6 Å². The summed E-state index contributed by atoms with van der Waals surface area (Å²) < 4.78 is 5.98. The smallest absolute Gasteiger partial charge is 0.261 e. The van der Waals surface area contributed by atoms with Gasteiger partial charge in [0.15, 0.2) is 6.61 Å². The molecule has 1 N–H and O–H groups in total. The first kappa shape index (κ1) is 24.3. The maximum atomic E-state index is 13.4. The average molecular weight is 447 g/mol. The lowest BCUT2D eigenvalue weighted by molar-refractivity contribution is -0.143. The molecule has 3 rings (SSSR count). The minimum Gasteiger partial charge on any atom is -0.483 e. The van der Waals surface area contributed by atoms with Crippen LogP contribution in [0, 0.1) is 6.92 Å². The van der Waals surface area contributed by atoms with E-state index in [1.807, 2.05) is 94.4 Å². The zero-order valence-electron chi connectivity index (χ0n) is 20.0. The first-order valence-electron chi connectivity index (χ1n) is 11.7. The number of carbonyl (C=O) groups is 2. The second kappa shape index (κ2) is 11.5. The predicted octanol–water partition coefficient (Wildman–Crippen LogP) is 5.25. The highest BCUT2D eigenvalue weighted by molar-refractivity contribution is 5.90. The van der Waals surface area contributed by atoms with Crippen molar-refractivity contribution in [2.24, 2.45) is 0 Å². The van der Waals surface area contributed by atoms with E-state index in [9.17, 15) is 9.59 Å². The highest BCUT2D eigenvalue weighted by Crippen LogP contribution is 2.25. The van der Waals surface area contributed by atoms with Crippen LogP contribution in [0.5, 0.6) is 5.75 Å². The van der Waals surface area contributed by atoms with Crippen molar-refractivity contribution in [1.82, 2.24) is 10.2 Å². The number of hydrogen-bond donors (Lipinski definition) is 1. The minimum atomic E-state index is -0.567. The first-order chi connectivity index (χ1) is 15.9. The number of ether oxygens (including phenoxy) is 1. The van der Waals surface area contributed by atoms with Crippen LogP contribution in [-0.2, 0) is 16.1 Å². The molecule has 0 aromatic heterocycles. The molecule has 0 aliphatic heterocycles. The molecule has 0 fully saturated rings. The van der Waals surface area contributed by atoms with E-state index in [2.05, 4.69) is 5.32 Å². The minimum absolute atomic E-state index is 0.0499. The molecule has 174 valence electrons. The molecule has 3 aromatic carbocycles. The molecule has 5 nitrogen and oxygen atoms in total.